The summed E-state index contributed by atoms with van der Waals surface area (Å²) in [5.41, 5.74) is 0. The Morgan fingerprint density at radius 1 is 1.17 bits per heavy atom. The Morgan fingerprint density at radius 2 is 2.00 bits per heavy atom. The van der Waals surface area contributed by atoms with Gasteiger partial charge in [-0.05, 0) is 33.0 Å². The lowest BCUT2D eigenvalue weighted by atomic mass is 10.2. The summed E-state index contributed by atoms with van der Waals surface area (Å²) in [6.07, 6.45) is 3.31. The van der Waals surface area contributed by atoms with Crippen molar-refractivity contribution < 1.29 is 0 Å². The molecule has 0 bridgehead atoms. The zero-order valence-electron chi connectivity index (χ0n) is 7.92. The normalized spacial score (nSPS) is 34.2. The average Bonchev–Trinajstić information content (AvgIpc) is 2.10. The van der Waals surface area contributed by atoms with E-state index in [1.807, 2.05) is 0 Å². The average molecular weight is 169 g/mol. The Kier molecular flexibility index (Phi) is 2.63. The Hall–Kier alpha value is -0.120. The summed E-state index contributed by atoms with van der Waals surface area (Å²) in [5.74, 6) is 0. The van der Waals surface area contributed by atoms with Crippen molar-refractivity contribution in [3.8, 4) is 0 Å². The van der Waals surface area contributed by atoms with Crippen molar-refractivity contribution in [1.29, 1.82) is 0 Å². The number of nitrogens with one attached hydrogen (secondary N) is 1. The van der Waals surface area contributed by atoms with Gasteiger partial charge in [-0.1, -0.05) is 0 Å². The molecule has 0 aromatic carbocycles. The van der Waals surface area contributed by atoms with E-state index in [1.165, 1.54) is 45.6 Å². The molecule has 0 aliphatic carbocycles. The molecule has 0 spiro atoms. The predicted octanol–water partition coefficient (Wildman–Crippen LogP) is -0.0567. The summed E-state index contributed by atoms with van der Waals surface area (Å²) < 4.78 is 0. The van der Waals surface area contributed by atoms with Gasteiger partial charge in [-0.15, -0.1) is 0 Å². The lowest BCUT2D eigenvalue weighted by Gasteiger charge is -2.39. The molecular weight excluding hydrogens is 150 g/mol. The molecule has 1 unspecified atom stereocenters. The van der Waals surface area contributed by atoms with Crippen LogP contribution < -0.4 is 5.32 Å². The molecule has 2 heterocycles. The Labute approximate surface area is 74.7 Å². The fourth-order valence-corrected chi connectivity index (χ4v) is 1.97. The zero-order valence-corrected chi connectivity index (χ0v) is 7.92. The first-order valence-electron chi connectivity index (χ1n) is 5.02. The van der Waals surface area contributed by atoms with Gasteiger partial charge in [0, 0.05) is 19.6 Å². The Bertz CT molecular complexity index is 145. The maximum absolute atomic E-state index is 3.60. The minimum atomic E-state index is 0.631. The molecule has 2 aliphatic rings. The van der Waals surface area contributed by atoms with Gasteiger partial charge < -0.3 is 10.2 Å². The van der Waals surface area contributed by atoms with E-state index in [0.717, 1.165) is 0 Å². The van der Waals surface area contributed by atoms with Gasteiger partial charge in [0.1, 0.15) is 0 Å². The van der Waals surface area contributed by atoms with Crippen molar-refractivity contribution in [2.45, 2.75) is 19.0 Å². The van der Waals surface area contributed by atoms with Gasteiger partial charge in [0.15, 0.2) is 0 Å². The number of rotatable bonds is 1. The van der Waals surface area contributed by atoms with E-state index >= 15 is 0 Å². The molecular formula is C9H19N3. The minimum absolute atomic E-state index is 0.631. The van der Waals surface area contributed by atoms with Crippen LogP contribution in [0.3, 0.4) is 0 Å². The number of nitrogens with zero attached hydrogens (tertiary/aromatic N) is 2. The Morgan fingerprint density at radius 3 is 2.67 bits per heavy atom. The smallest absolute Gasteiger partial charge is 0.0728 e. The van der Waals surface area contributed by atoms with Crippen molar-refractivity contribution in [2.75, 3.05) is 39.8 Å². The van der Waals surface area contributed by atoms with E-state index in [1.54, 1.807) is 0 Å². The number of likely N-dealkylation sites (tertiary alicyclic amines) is 1. The standard InChI is InChI=1S/C9H19N3/c1-11-5-2-4-10-9(8-11)12-6-3-7-12/h9-10H,2-8H2,1H3. The third-order valence-electron chi connectivity index (χ3n) is 2.91. The molecule has 2 saturated heterocycles. The van der Waals surface area contributed by atoms with Gasteiger partial charge in [0.25, 0.3) is 0 Å². The van der Waals surface area contributed by atoms with E-state index in [9.17, 15) is 0 Å². The van der Waals surface area contributed by atoms with Crippen LogP contribution in [0.1, 0.15) is 12.8 Å². The molecule has 3 nitrogen and oxygen atoms in total. The molecule has 0 amide bonds. The first kappa shape index (κ1) is 8.48. The molecule has 0 saturated carbocycles. The molecule has 3 heteroatoms. The van der Waals surface area contributed by atoms with E-state index in [2.05, 4.69) is 22.2 Å². The largest absolute Gasteiger partial charge is 0.303 e. The quantitative estimate of drug-likeness (QED) is 0.593. The van der Waals surface area contributed by atoms with Gasteiger partial charge in [-0.3, -0.25) is 4.90 Å². The van der Waals surface area contributed by atoms with Crippen molar-refractivity contribution in [3.63, 3.8) is 0 Å². The SMILES string of the molecule is CN1CCCNC(N2CCC2)C1. The maximum Gasteiger partial charge on any atom is 0.0728 e. The molecule has 1 N–H and O–H groups in total. The lowest BCUT2D eigenvalue weighted by Crippen LogP contribution is -2.55. The fourth-order valence-electron chi connectivity index (χ4n) is 1.97. The highest BCUT2D eigenvalue weighted by Gasteiger charge is 2.25. The van der Waals surface area contributed by atoms with Gasteiger partial charge in [0.05, 0.1) is 6.17 Å². The summed E-state index contributed by atoms with van der Waals surface area (Å²) in [4.78, 5) is 4.98. The molecule has 1 atom stereocenters. The summed E-state index contributed by atoms with van der Waals surface area (Å²) in [5, 5.41) is 3.60. The van der Waals surface area contributed by atoms with Crippen LogP contribution in [0.4, 0.5) is 0 Å². The van der Waals surface area contributed by atoms with Crippen LogP contribution in [0.5, 0.6) is 0 Å². The maximum atomic E-state index is 3.60. The van der Waals surface area contributed by atoms with Crippen LogP contribution in [0.25, 0.3) is 0 Å². The molecule has 12 heavy (non-hydrogen) atoms. The van der Waals surface area contributed by atoms with Gasteiger partial charge >= 0.3 is 0 Å². The van der Waals surface area contributed by atoms with Crippen molar-refractivity contribution in [1.82, 2.24) is 15.1 Å². The molecule has 70 valence electrons. The van der Waals surface area contributed by atoms with Crippen LogP contribution in [-0.4, -0.2) is 55.7 Å². The van der Waals surface area contributed by atoms with Crippen LogP contribution in [0.15, 0.2) is 0 Å². The highest BCUT2D eigenvalue weighted by molar-refractivity contribution is 4.80. The fraction of sp³-hybridized carbons (Fsp3) is 1.00. The van der Waals surface area contributed by atoms with Gasteiger partial charge in [-0.25, -0.2) is 0 Å². The molecule has 0 radical (unpaired) electrons. The summed E-state index contributed by atoms with van der Waals surface area (Å²) >= 11 is 0. The minimum Gasteiger partial charge on any atom is -0.303 e. The lowest BCUT2D eigenvalue weighted by molar-refractivity contribution is 0.0808. The second kappa shape index (κ2) is 3.73. The first-order chi connectivity index (χ1) is 5.86. The van der Waals surface area contributed by atoms with E-state index in [-0.39, 0.29) is 0 Å². The summed E-state index contributed by atoms with van der Waals surface area (Å²) in [7, 11) is 2.22. The first-order valence-corrected chi connectivity index (χ1v) is 5.02. The molecule has 0 aromatic rings. The molecule has 0 aromatic heterocycles. The molecule has 2 rings (SSSR count). The molecule has 2 fully saturated rings. The third kappa shape index (κ3) is 1.79. The van der Waals surface area contributed by atoms with Crippen molar-refractivity contribution in [2.24, 2.45) is 0 Å². The zero-order chi connectivity index (χ0) is 8.39. The van der Waals surface area contributed by atoms with E-state index in [0.29, 0.717) is 6.17 Å². The predicted molar refractivity (Wildman–Crippen MR) is 50.1 cm³/mol. The van der Waals surface area contributed by atoms with Crippen molar-refractivity contribution >= 4 is 0 Å². The Balaban J connectivity index is 1.85. The summed E-state index contributed by atoms with van der Waals surface area (Å²) in [6, 6.07) is 0. The van der Waals surface area contributed by atoms with Crippen molar-refractivity contribution in [3.05, 3.63) is 0 Å². The highest BCUT2D eigenvalue weighted by atomic mass is 15.3. The third-order valence-corrected chi connectivity index (χ3v) is 2.91. The van der Waals surface area contributed by atoms with Gasteiger partial charge in [-0.2, -0.15) is 0 Å². The van der Waals surface area contributed by atoms with Crippen LogP contribution in [0.2, 0.25) is 0 Å². The highest BCUT2D eigenvalue weighted by Crippen LogP contribution is 2.11. The second-order valence-corrected chi connectivity index (χ2v) is 3.98. The second-order valence-electron chi connectivity index (χ2n) is 3.98. The number of hydrogen-bond donors (Lipinski definition) is 1. The van der Waals surface area contributed by atoms with Crippen LogP contribution >= 0.6 is 0 Å². The van der Waals surface area contributed by atoms with E-state index < -0.39 is 0 Å². The van der Waals surface area contributed by atoms with Crippen LogP contribution in [0, 0.1) is 0 Å². The number of likely N-dealkylation sites (N-methyl/N-ethyl adjacent to an activating group) is 1. The van der Waals surface area contributed by atoms with Crippen LogP contribution in [-0.2, 0) is 0 Å². The topological polar surface area (TPSA) is 18.5 Å². The number of hydrogen-bond acceptors (Lipinski definition) is 3. The van der Waals surface area contributed by atoms with Gasteiger partial charge in [0.2, 0.25) is 0 Å². The monoisotopic (exact) mass is 169 g/mol. The summed E-state index contributed by atoms with van der Waals surface area (Å²) in [6.45, 7) is 6.22. The molecule has 2 aliphatic heterocycles. The van der Waals surface area contributed by atoms with E-state index in [4.69, 9.17) is 0 Å².